The molecule has 4 bridgehead atoms. The van der Waals surface area contributed by atoms with Crippen LogP contribution in [0.15, 0.2) is 53.4 Å². The first-order chi connectivity index (χ1) is 16.9. The fourth-order valence-corrected chi connectivity index (χ4v) is 5.25. The number of ether oxygens (including phenoxy) is 2. The second-order valence-corrected chi connectivity index (χ2v) is 11.8. The van der Waals surface area contributed by atoms with Crippen molar-refractivity contribution in [2.45, 2.75) is 51.3 Å². The summed E-state index contributed by atoms with van der Waals surface area (Å²) in [5, 5.41) is 14.1. The van der Waals surface area contributed by atoms with Crippen LogP contribution in [-0.2, 0) is 10.0 Å². The van der Waals surface area contributed by atoms with Crippen LogP contribution in [0.1, 0.15) is 44.5 Å². The Morgan fingerprint density at radius 2 is 1.89 bits per heavy atom. The summed E-state index contributed by atoms with van der Waals surface area (Å²) in [4.78, 5) is 8.82. The number of aliphatic hydroxyl groups excluding tert-OH is 1. The van der Waals surface area contributed by atoms with Crippen LogP contribution in [0.5, 0.6) is 11.6 Å². The molecule has 4 rings (SSSR count). The third kappa shape index (κ3) is 5.95. The van der Waals surface area contributed by atoms with Crippen molar-refractivity contribution >= 4 is 16.0 Å². The molecule has 0 amide bonds. The van der Waals surface area contributed by atoms with Crippen molar-refractivity contribution in [1.29, 1.82) is 0 Å². The predicted molar refractivity (Wildman–Crippen MR) is 137 cm³/mol. The van der Waals surface area contributed by atoms with E-state index in [4.69, 9.17) is 9.47 Å². The Morgan fingerprint density at radius 3 is 2.61 bits per heavy atom. The third-order valence-corrected chi connectivity index (χ3v) is 7.13. The highest BCUT2D eigenvalue weighted by Gasteiger charge is 2.25. The maximum atomic E-state index is 13.2. The molecule has 2 heterocycles. The highest BCUT2D eigenvalue weighted by molar-refractivity contribution is 7.92. The minimum atomic E-state index is -4.05. The second kappa shape index (κ2) is 10.0. The standard InChI is InChI=1S/C26H32N4O5S/c1-16-8-6-11-21(34-5)23(16)20-13-22-29-25(28-20)30-36(32,33)19-10-7-9-17(12-19)24(31)27-18(15-35-22)14-26(2,3)4/h6-13,18,24,27,31H,14-15H2,1-5H3,(H,28,29,30)/t18-,24?/m1/s1. The Bertz CT molecular complexity index is 1350. The van der Waals surface area contributed by atoms with Gasteiger partial charge in [-0.3, -0.25) is 5.32 Å². The molecule has 192 valence electrons. The highest BCUT2D eigenvalue weighted by Crippen LogP contribution is 2.34. The van der Waals surface area contributed by atoms with Gasteiger partial charge in [-0.15, -0.1) is 0 Å². The Hall–Kier alpha value is -3.21. The normalized spacial score (nSPS) is 19.6. The molecule has 1 aliphatic heterocycles. The van der Waals surface area contributed by atoms with Crippen molar-refractivity contribution in [2.75, 3.05) is 18.4 Å². The van der Waals surface area contributed by atoms with Gasteiger partial charge in [-0.05, 0) is 48.1 Å². The molecule has 10 heteroatoms. The van der Waals surface area contributed by atoms with Gasteiger partial charge in [0.25, 0.3) is 10.0 Å². The largest absolute Gasteiger partial charge is 0.496 e. The van der Waals surface area contributed by atoms with E-state index >= 15 is 0 Å². The van der Waals surface area contributed by atoms with E-state index in [0.717, 1.165) is 5.56 Å². The molecule has 1 unspecified atom stereocenters. The summed E-state index contributed by atoms with van der Waals surface area (Å²) in [5.74, 6) is 0.664. The van der Waals surface area contributed by atoms with Crippen molar-refractivity contribution in [3.05, 3.63) is 59.7 Å². The van der Waals surface area contributed by atoms with Gasteiger partial charge in [0.2, 0.25) is 11.8 Å². The SMILES string of the molecule is COc1cccc(C)c1-c1cc2nc(n1)NS(=O)(=O)c1cccc(c1)C(O)N[C@H](CC(C)(C)C)CO2. The molecule has 9 nitrogen and oxygen atoms in total. The predicted octanol–water partition coefficient (Wildman–Crippen LogP) is 4.04. The maximum Gasteiger partial charge on any atom is 0.264 e. The molecule has 0 spiro atoms. The summed E-state index contributed by atoms with van der Waals surface area (Å²) >= 11 is 0. The van der Waals surface area contributed by atoms with Crippen molar-refractivity contribution in [1.82, 2.24) is 15.3 Å². The lowest BCUT2D eigenvalue weighted by Crippen LogP contribution is -2.40. The summed E-state index contributed by atoms with van der Waals surface area (Å²) in [7, 11) is -2.48. The van der Waals surface area contributed by atoms with Gasteiger partial charge in [0, 0.05) is 17.7 Å². The second-order valence-electron chi connectivity index (χ2n) is 10.1. The Morgan fingerprint density at radius 1 is 1.14 bits per heavy atom. The lowest BCUT2D eigenvalue weighted by molar-refractivity contribution is 0.0937. The van der Waals surface area contributed by atoms with Crippen molar-refractivity contribution in [2.24, 2.45) is 5.41 Å². The minimum Gasteiger partial charge on any atom is -0.496 e. The zero-order valence-corrected chi connectivity index (χ0v) is 21.9. The van der Waals surface area contributed by atoms with Crippen LogP contribution in [0.3, 0.4) is 0 Å². The number of anilines is 1. The molecular formula is C26H32N4O5S. The van der Waals surface area contributed by atoms with Crippen molar-refractivity contribution in [3.8, 4) is 22.9 Å². The summed E-state index contributed by atoms with van der Waals surface area (Å²) in [5.41, 5.74) is 2.43. The Balaban J connectivity index is 1.86. The average Bonchev–Trinajstić information content (AvgIpc) is 2.80. The minimum absolute atomic E-state index is 0.0163. The van der Waals surface area contributed by atoms with Crippen molar-refractivity contribution < 1.29 is 23.0 Å². The molecule has 0 saturated carbocycles. The van der Waals surface area contributed by atoms with Gasteiger partial charge >= 0.3 is 0 Å². The number of aliphatic hydroxyl groups is 1. The van der Waals surface area contributed by atoms with Gasteiger partial charge < -0.3 is 14.6 Å². The average molecular weight is 513 g/mol. The number of aryl methyl sites for hydroxylation is 1. The van der Waals surface area contributed by atoms with Gasteiger partial charge in [-0.1, -0.05) is 45.0 Å². The van der Waals surface area contributed by atoms with Crippen LogP contribution in [0.4, 0.5) is 5.95 Å². The van der Waals surface area contributed by atoms with Crippen LogP contribution >= 0.6 is 0 Å². The zero-order chi connectivity index (χ0) is 26.1. The van der Waals surface area contributed by atoms with Crippen LogP contribution in [0.2, 0.25) is 0 Å². The first-order valence-electron chi connectivity index (χ1n) is 11.7. The molecule has 2 aromatic carbocycles. The van der Waals surface area contributed by atoms with Crippen LogP contribution in [0.25, 0.3) is 11.3 Å². The molecule has 0 radical (unpaired) electrons. The number of hydrogen-bond donors (Lipinski definition) is 3. The summed E-state index contributed by atoms with van der Waals surface area (Å²) in [6, 6.07) is 13.2. The van der Waals surface area contributed by atoms with E-state index in [1.807, 2.05) is 25.1 Å². The van der Waals surface area contributed by atoms with Gasteiger partial charge in [0.05, 0.1) is 17.7 Å². The van der Waals surface area contributed by atoms with Gasteiger partial charge in [0.15, 0.2) is 0 Å². The van der Waals surface area contributed by atoms with E-state index in [-0.39, 0.29) is 34.8 Å². The molecule has 36 heavy (non-hydrogen) atoms. The number of rotatable bonds is 3. The summed E-state index contributed by atoms with van der Waals surface area (Å²) < 4.78 is 40.5. The number of methoxy groups -OCH3 is 1. The zero-order valence-electron chi connectivity index (χ0n) is 21.1. The van der Waals surface area contributed by atoms with E-state index in [1.165, 1.54) is 12.1 Å². The van der Waals surface area contributed by atoms with Gasteiger partial charge in [0.1, 0.15) is 18.6 Å². The maximum absolute atomic E-state index is 13.2. The number of nitrogens with zero attached hydrogens (tertiary/aromatic N) is 2. The highest BCUT2D eigenvalue weighted by atomic mass is 32.2. The molecule has 3 aromatic rings. The van der Waals surface area contributed by atoms with Crippen LogP contribution in [-0.4, -0.2) is 43.3 Å². The molecule has 1 aliphatic rings. The fourth-order valence-electron chi connectivity index (χ4n) is 4.25. The number of nitrogens with one attached hydrogen (secondary N) is 2. The monoisotopic (exact) mass is 512 g/mol. The molecule has 0 saturated heterocycles. The fraction of sp³-hybridized carbons (Fsp3) is 0.385. The Labute approximate surface area is 212 Å². The van der Waals surface area contributed by atoms with Gasteiger partial charge in [-0.2, -0.15) is 4.98 Å². The number of benzene rings is 2. The number of aromatic nitrogens is 2. The first-order valence-corrected chi connectivity index (χ1v) is 13.2. The first kappa shape index (κ1) is 25.9. The Kier molecular flexibility index (Phi) is 7.21. The van der Waals surface area contributed by atoms with Crippen molar-refractivity contribution in [3.63, 3.8) is 0 Å². The lowest BCUT2D eigenvalue weighted by Gasteiger charge is -2.29. The van der Waals surface area contributed by atoms with E-state index in [9.17, 15) is 13.5 Å². The number of hydrogen-bond acceptors (Lipinski definition) is 8. The van der Waals surface area contributed by atoms with E-state index in [0.29, 0.717) is 29.0 Å². The molecule has 2 atom stereocenters. The van der Waals surface area contributed by atoms with Gasteiger partial charge in [-0.25, -0.2) is 18.1 Å². The number of sulfonamides is 1. The van der Waals surface area contributed by atoms with E-state index < -0.39 is 16.3 Å². The number of fused-ring (bicyclic) bond motifs is 4. The van der Waals surface area contributed by atoms with E-state index in [1.54, 1.807) is 25.3 Å². The smallest absolute Gasteiger partial charge is 0.264 e. The third-order valence-electron chi connectivity index (χ3n) is 5.81. The summed E-state index contributed by atoms with van der Waals surface area (Å²) in [6.45, 7) is 8.42. The van der Waals surface area contributed by atoms with E-state index in [2.05, 4.69) is 40.8 Å². The molecule has 0 aliphatic carbocycles. The molecule has 3 N–H and O–H groups in total. The molecule has 0 fully saturated rings. The summed E-state index contributed by atoms with van der Waals surface area (Å²) in [6.07, 6.45) is -0.394. The topological polar surface area (TPSA) is 123 Å². The lowest BCUT2D eigenvalue weighted by atomic mass is 9.88. The quantitative estimate of drug-likeness (QED) is 0.481. The molecular weight excluding hydrogens is 480 g/mol. The van der Waals surface area contributed by atoms with Crippen LogP contribution < -0.4 is 19.5 Å². The van der Waals surface area contributed by atoms with Crippen LogP contribution in [0, 0.1) is 12.3 Å². The molecule has 1 aromatic heterocycles.